The molecule has 1 fully saturated rings. The largest absolute Gasteiger partial charge is 0.478 e. The van der Waals surface area contributed by atoms with Gasteiger partial charge in [-0.25, -0.2) is 9.78 Å². The molecule has 1 aliphatic heterocycles. The van der Waals surface area contributed by atoms with Crippen LogP contribution in [0.1, 0.15) is 51.2 Å². The van der Waals surface area contributed by atoms with Gasteiger partial charge >= 0.3 is 5.97 Å². The fourth-order valence-electron chi connectivity index (χ4n) is 5.61. The molecule has 1 saturated heterocycles. The van der Waals surface area contributed by atoms with Crippen molar-refractivity contribution >= 4 is 11.9 Å². The number of hydrogen-bond acceptors (Lipinski definition) is 4. The number of hydrogen-bond donors (Lipinski definition) is 2. The minimum absolute atomic E-state index is 0.0227. The number of nitrogens with zero attached hydrogens (tertiary/aromatic N) is 2. The Kier molecular flexibility index (Phi) is 8.13. The Labute approximate surface area is 229 Å². The summed E-state index contributed by atoms with van der Waals surface area (Å²) in [7, 11) is 0. The number of benzene rings is 3. The molecule has 0 aliphatic carbocycles. The number of carbonyl (C=O) groups excluding carboxylic acids is 1. The van der Waals surface area contributed by atoms with Gasteiger partial charge in [0.15, 0.2) is 0 Å². The van der Waals surface area contributed by atoms with E-state index in [2.05, 4.69) is 75.9 Å². The normalized spacial score (nSPS) is 15.0. The highest BCUT2D eigenvalue weighted by Gasteiger charge is 2.37. The van der Waals surface area contributed by atoms with Crippen LogP contribution < -0.4 is 5.32 Å². The number of carboxylic acids is 1. The molecule has 4 aromatic rings. The third kappa shape index (κ3) is 5.91. The van der Waals surface area contributed by atoms with Crippen molar-refractivity contribution in [2.45, 2.75) is 24.7 Å². The number of amides is 1. The first-order valence-electron chi connectivity index (χ1n) is 13.5. The maximum absolute atomic E-state index is 13.0. The van der Waals surface area contributed by atoms with Crippen LogP contribution in [0.5, 0.6) is 0 Å². The molecular weight excluding hydrogens is 486 g/mol. The van der Waals surface area contributed by atoms with E-state index < -0.39 is 5.97 Å². The Morgan fingerprint density at radius 1 is 0.846 bits per heavy atom. The highest BCUT2D eigenvalue weighted by molar-refractivity contribution is 6.00. The maximum Gasteiger partial charge on any atom is 0.337 e. The van der Waals surface area contributed by atoms with Gasteiger partial charge in [0.1, 0.15) is 5.69 Å². The lowest BCUT2D eigenvalue weighted by molar-refractivity contribution is 0.0695. The number of likely N-dealkylation sites (tertiary alicyclic amines) is 1. The molecule has 6 heteroatoms. The van der Waals surface area contributed by atoms with Gasteiger partial charge < -0.3 is 15.3 Å². The monoisotopic (exact) mass is 519 g/mol. The first kappa shape index (κ1) is 26.3. The summed E-state index contributed by atoms with van der Waals surface area (Å²) in [6.07, 6.45) is 4.16. The van der Waals surface area contributed by atoms with E-state index in [9.17, 15) is 14.7 Å². The number of pyridine rings is 1. The summed E-state index contributed by atoms with van der Waals surface area (Å²) in [5, 5.41) is 12.4. The highest BCUT2D eigenvalue weighted by atomic mass is 16.4. The minimum atomic E-state index is -1.07. The van der Waals surface area contributed by atoms with Crippen LogP contribution in [-0.2, 0) is 5.41 Å². The van der Waals surface area contributed by atoms with Gasteiger partial charge in [0.05, 0.1) is 5.56 Å². The summed E-state index contributed by atoms with van der Waals surface area (Å²) >= 11 is 0. The Morgan fingerprint density at radius 3 is 1.97 bits per heavy atom. The van der Waals surface area contributed by atoms with Gasteiger partial charge in [-0.2, -0.15) is 0 Å². The molecule has 6 nitrogen and oxygen atoms in total. The predicted octanol–water partition coefficient (Wildman–Crippen LogP) is 5.65. The fourth-order valence-corrected chi connectivity index (χ4v) is 5.61. The van der Waals surface area contributed by atoms with E-state index in [1.165, 1.54) is 23.4 Å². The third-order valence-electron chi connectivity index (χ3n) is 7.73. The summed E-state index contributed by atoms with van der Waals surface area (Å²) in [6.45, 7) is 3.41. The number of piperidine rings is 1. The molecule has 0 radical (unpaired) electrons. The van der Waals surface area contributed by atoms with E-state index in [0.29, 0.717) is 12.1 Å². The Balaban J connectivity index is 1.19. The summed E-state index contributed by atoms with van der Waals surface area (Å²) in [5.74, 6) is -1.37. The van der Waals surface area contributed by atoms with Gasteiger partial charge in [-0.1, -0.05) is 91.0 Å². The molecule has 0 spiro atoms. The number of carboxylic acid groups (broad SMARTS) is 1. The first-order valence-corrected chi connectivity index (χ1v) is 13.5. The zero-order valence-corrected chi connectivity index (χ0v) is 21.9. The van der Waals surface area contributed by atoms with Gasteiger partial charge in [0, 0.05) is 23.7 Å². The average molecular weight is 520 g/mol. The van der Waals surface area contributed by atoms with Crippen LogP contribution in [0.2, 0.25) is 0 Å². The zero-order chi connectivity index (χ0) is 27.1. The van der Waals surface area contributed by atoms with Crippen molar-refractivity contribution in [2.24, 2.45) is 0 Å². The molecule has 0 unspecified atom stereocenters. The topological polar surface area (TPSA) is 82.5 Å². The molecule has 198 valence electrons. The highest BCUT2D eigenvalue weighted by Crippen LogP contribution is 2.41. The first-order chi connectivity index (χ1) is 19.1. The number of rotatable bonds is 9. The molecule has 2 heterocycles. The van der Waals surface area contributed by atoms with Crippen LogP contribution in [0.4, 0.5) is 0 Å². The van der Waals surface area contributed by atoms with Gasteiger partial charge in [-0.05, 0) is 61.7 Å². The van der Waals surface area contributed by atoms with Crippen molar-refractivity contribution in [1.82, 2.24) is 15.2 Å². The molecule has 1 amide bonds. The van der Waals surface area contributed by atoms with E-state index in [0.717, 1.165) is 44.5 Å². The van der Waals surface area contributed by atoms with Crippen LogP contribution in [0.15, 0.2) is 103 Å². The van der Waals surface area contributed by atoms with Gasteiger partial charge in [0.2, 0.25) is 0 Å². The van der Waals surface area contributed by atoms with Crippen LogP contribution >= 0.6 is 0 Å². The lowest BCUT2D eigenvalue weighted by Crippen LogP contribution is -2.44. The summed E-state index contributed by atoms with van der Waals surface area (Å²) in [4.78, 5) is 31.2. The lowest BCUT2D eigenvalue weighted by Gasteiger charge is -2.43. The van der Waals surface area contributed by atoms with Crippen LogP contribution in [0.3, 0.4) is 0 Å². The van der Waals surface area contributed by atoms with E-state index >= 15 is 0 Å². The molecule has 0 bridgehead atoms. The number of carbonyl (C=O) groups is 2. The summed E-state index contributed by atoms with van der Waals surface area (Å²) in [6, 6.07) is 32.4. The third-order valence-corrected chi connectivity index (χ3v) is 7.73. The quantitative estimate of drug-likeness (QED) is 0.279. The SMILES string of the molecule is O=C(O)c1cnc(C(=O)NCCCN2CCC(c3ccccc3)(c3ccccc3)CC2)c(-c2ccccc2)c1. The zero-order valence-electron chi connectivity index (χ0n) is 21.9. The lowest BCUT2D eigenvalue weighted by atomic mass is 9.68. The van der Waals surface area contributed by atoms with E-state index in [1.54, 1.807) is 0 Å². The fraction of sp³-hybridized carbons (Fsp3) is 0.242. The van der Waals surface area contributed by atoms with Crippen molar-refractivity contribution in [1.29, 1.82) is 0 Å². The second-order valence-electron chi connectivity index (χ2n) is 10.1. The van der Waals surface area contributed by atoms with Gasteiger partial charge in [-0.3, -0.25) is 4.79 Å². The predicted molar refractivity (Wildman–Crippen MR) is 153 cm³/mol. The molecule has 1 aromatic heterocycles. The Bertz CT molecular complexity index is 1360. The minimum Gasteiger partial charge on any atom is -0.478 e. The molecule has 5 rings (SSSR count). The van der Waals surface area contributed by atoms with E-state index in [4.69, 9.17) is 0 Å². The number of aromatic carboxylic acids is 1. The molecule has 0 saturated carbocycles. The molecule has 39 heavy (non-hydrogen) atoms. The van der Waals surface area contributed by atoms with Crippen LogP contribution in [0, 0.1) is 0 Å². The summed E-state index contributed by atoms with van der Waals surface area (Å²) < 4.78 is 0. The molecule has 3 aromatic carbocycles. The standard InChI is InChI=1S/C33H33N3O3/c37-31(30-29(25-11-4-1-5-12-25)23-26(24-35-30)32(38)39)34-19-10-20-36-21-17-33(18-22-36,27-13-6-2-7-14-27)28-15-8-3-9-16-28/h1-9,11-16,23-24H,10,17-22H2,(H,34,37)(H,38,39). The van der Waals surface area contributed by atoms with E-state index in [-0.39, 0.29) is 22.6 Å². The Hall–Kier alpha value is -4.29. The van der Waals surface area contributed by atoms with Crippen LogP contribution in [0.25, 0.3) is 11.1 Å². The molecule has 2 N–H and O–H groups in total. The van der Waals surface area contributed by atoms with Crippen molar-refractivity contribution in [3.63, 3.8) is 0 Å². The number of nitrogens with one attached hydrogen (secondary N) is 1. The van der Waals surface area contributed by atoms with Gasteiger partial charge in [-0.15, -0.1) is 0 Å². The summed E-state index contributed by atoms with van der Waals surface area (Å²) in [5.41, 5.74) is 4.33. The average Bonchev–Trinajstić information content (AvgIpc) is 3.00. The van der Waals surface area contributed by atoms with Crippen molar-refractivity contribution in [3.8, 4) is 11.1 Å². The van der Waals surface area contributed by atoms with Crippen molar-refractivity contribution < 1.29 is 14.7 Å². The molecular formula is C33H33N3O3. The maximum atomic E-state index is 13.0. The molecule has 1 aliphatic rings. The van der Waals surface area contributed by atoms with Crippen LogP contribution in [-0.4, -0.2) is 53.0 Å². The second kappa shape index (κ2) is 12.0. The van der Waals surface area contributed by atoms with Crippen molar-refractivity contribution in [2.75, 3.05) is 26.2 Å². The Morgan fingerprint density at radius 2 is 1.41 bits per heavy atom. The van der Waals surface area contributed by atoms with Gasteiger partial charge in [0.25, 0.3) is 5.91 Å². The molecule has 0 atom stereocenters. The van der Waals surface area contributed by atoms with Crippen molar-refractivity contribution in [3.05, 3.63) is 126 Å². The number of aromatic nitrogens is 1. The second-order valence-corrected chi connectivity index (χ2v) is 10.1. The smallest absolute Gasteiger partial charge is 0.337 e. The van der Waals surface area contributed by atoms with E-state index in [1.807, 2.05) is 30.3 Å².